The van der Waals surface area contributed by atoms with E-state index in [1.807, 2.05) is 31.3 Å². The van der Waals surface area contributed by atoms with Crippen molar-refractivity contribution in [3.05, 3.63) is 36.2 Å². The van der Waals surface area contributed by atoms with E-state index in [4.69, 9.17) is 9.47 Å². The molecule has 4 heterocycles. The van der Waals surface area contributed by atoms with Crippen LogP contribution < -0.4 is 19.3 Å². The highest BCUT2D eigenvalue weighted by molar-refractivity contribution is 5.44. The van der Waals surface area contributed by atoms with Gasteiger partial charge in [0.05, 0.1) is 26.0 Å². The minimum Gasteiger partial charge on any atom is -0.481 e. The van der Waals surface area contributed by atoms with E-state index >= 15 is 0 Å². The Labute approximate surface area is 162 Å². The standard InChI is InChI=1S/C18H22N8O2/c1-13-6-7-26(23-13)15-5-4-14(21-22-15)24-8-10-25(11-9-24)18-19-16(27-2)12-17(20-18)28-3/h4-7,12H,8-11H2,1-3H3. The fourth-order valence-corrected chi connectivity index (χ4v) is 3.03. The molecule has 1 aliphatic rings. The number of hydrogen-bond donors (Lipinski definition) is 0. The van der Waals surface area contributed by atoms with E-state index in [1.165, 1.54) is 0 Å². The van der Waals surface area contributed by atoms with Gasteiger partial charge < -0.3 is 19.3 Å². The first-order valence-electron chi connectivity index (χ1n) is 8.99. The summed E-state index contributed by atoms with van der Waals surface area (Å²) in [6.07, 6.45) is 1.88. The van der Waals surface area contributed by atoms with Gasteiger partial charge in [-0.2, -0.15) is 15.1 Å². The minimum absolute atomic E-state index is 0.486. The monoisotopic (exact) mass is 382 g/mol. The van der Waals surface area contributed by atoms with Crippen LogP contribution in [0.3, 0.4) is 0 Å². The van der Waals surface area contributed by atoms with E-state index < -0.39 is 0 Å². The molecule has 28 heavy (non-hydrogen) atoms. The largest absolute Gasteiger partial charge is 0.481 e. The Morgan fingerprint density at radius 3 is 1.96 bits per heavy atom. The molecule has 0 saturated carbocycles. The lowest BCUT2D eigenvalue weighted by molar-refractivity contribution is 0.371. The second kappa shape index (κ2) is 7.67. The van der Waals surface area contributed by atoms with Crippen LogP contribution in [0.4, 0.5) is 11.8 Å². The van der Waals surface area contributed by atoms with Crippen LogP contribution in [-0.4, -0.2) is 70.3 Å². The average Bonchev–Trinajstić information content (AvgIpc) is 3.20. The van der Waals surface area contributed by atoms with E-state index in [-0.39, 0.29) is 0 Å². The molecule has 0 aliphatic carbocycles. The number of rotatable bonds is 5. The first kappa shape index (κ1) is 18.0. The molecule has 3 aromatic heterocycles. The van der Waals surface area contributed by atoms with Gasteiger partial charge in [0.1, 0.15) is 0 Å². The first-order valence-corrected chi connectivity index (χ1v) is 8.99. The molecule has 0 N–H and O–H groups in total. The highest BCUT2D eigenvalue weighted by Gasteiger charge is 2.21. The summed E-state index contributed by atoms with van der Waals surface area (Å²) in [6, 6.07) is 7.50. The number of aromatic nitrogens is 6. The molecule has 0 aromatic carbocycles. The molecule has 3 aromatic rings. The summed E-state index contributed by atoms with van der Waals surface area (Å²) < 4.78 is 12.2. The second-order valence-corrected chi connectivity index (χ2v) is 6.38. The van der Waals surface area contributed by atoms with Crippen molar-refractivity contribution in [2.45, 2.75) is 6.92 Å². The molecule has 0 bridgehead atoms. The van der Waals surface area contributed by atoms with Crippen LogP contribution in [0.25, 0.3) is 5.82 Å². The maximum atomic E-state index is 5.23. The number of piperazine rings is 1. The van der Waals surface area contributed by atoms with Crippen LogP contribution >= 0.6 is 0 Å². The molecule has 0 radical (unpaired) electrons. The molecule has 0 unspecified atom stereocenters. The maximum absolute atomic E-state index is 5.23. The highest BCUT2D eigenvalue weighted by atomic mass is 16.5. The van der Waals surface area contributed by atoms with Gasteiger partial charge in [0, 0.05) is 32.4 Å². The smallest absolute Gasteiger partial charge is 0.232 e. The molecule has 146 valence electrons. The SMILES string of the molecule is COc1cc(OC)nc(N2CCN(c3ccc(-n4ccc(C)n4)nn3)CC2)n1. The topological polar surface area (TPSA) is 94.3 Å². The van der Waals surface area contributed by atoms with Gasteiger partial charge >= 0.3 is 0 Å². The summed E-state index contributed by atoms with van der Waals surface area (Å²) in [6.45, 7) is 5.05. The van der Waals surface area contributed by atoms with Crippen LogP contribution in [0, 0.1) is 6.92 Å². The quantitative estimate of drug-likeness (QED) is 0.643. The van der Waals surface area contributed by atoms with Crippen molar-refractivity contribution in [1.82, 2.24) is 29.9 Å². The van der Waals surface area contributed by atoms with Crippen LogP contribution in [0.5, 0.6) is 11.8 Å². The minimum atomic E-state index is 0.486. The van der Waals surface area contributed by atoms with E-state index in [1.54, 1.807) is 25.0 Å². The van der Waals surface area contributed by atoms with Gasteiger partial charge in [-0.3, -0.25) is 0 Å². The van der Waals surface area contributed by atoms with Gasteiger partial charge in [0.15, 0.2) is 11.6 Å². The molecule has 10 nitrogen and oxygen atoms in total. The molecule has 1 fully saturated rings. The zero-order valence-electron chi connectivity index (χ0n) is 16.1. The fraction of sp³-hybridized carbons (Fsp3) is 0.389. The van der Waals surface area contributed by atoms with Gasteiger partial charge in [-0.1, -0.05) is 0 Å². The Kier molecular flexibility index (Phi) is 4.92. The number of hydrogen-bond acceptors (Lipinski definition) is 9. The molecule has 0 spiro atoms. The molecule has 10 heteroatoms. The highest BCUT2D eigenvalue weighted by Crippen LogP contribution is 2.22. The lowest BCUT2D eigenvalue weighted by atomic mass is 10.3. The predicted octanol–water partition coefficient (Wildman–Crippen LogP) is 1.10. The third kappa shape index (κ3) is 3.66. The lowest BCUT2D eigenvalue weighted by Gasteiger charge is -2.35. The molecular weight excluding hydrogens is 360 g/mol. The van der Waals surface area contributed by atoms with Crippen molar-refractivity contribution in [2.75, 3.05) is 50.2 Å². The maximum Gasteiger partial charge on any atom is 0.232 e. The Morgan fingerprint density at radius 2 is 1.43 bits per heavy atom. The Balaban J connectivity index is 1.43. The third-order valence-corrected chi connectivity index (χ3v) is 4.57. The molecule has 0 atom stereocenters. The zero-order valence-corrected chi connectivity index (χ0v) is 16.1. The van der Waals surface area contributed by atoms with Crippen molar-refractivity contribution in [3.8, 4) is 17.6 Å². The average molecular weight is 382 g/mol. The zero-order chi connectivity index (χ0) is 19.5. The number of aryl methyl sites for hydroxylation is 1. The first-order chi connectivity index (χ1) is 13.7. The number of nitrogens with zero attached hydrogens (tertiary/aromatic N) is 8. The summed E-state index contributed by atoms with van der Waals surface area (Å²) in [5, 5.41) is 13.0. The van der Waals surface area contributed by atoms with Gasteiger partial charge in [-0.05, 0) is 25.1 Å². The molecule has 0 amide bonds. The summed E-state index contributed by atoms with van der Waals surface area (Å²) in [5.74, 6) is 3.12. The normalized spacial score (nSPS) is 14.2. The Bertz CT molecular complexity index is 913. The molecule has 4 rings (SSSR count). The van der Waals surface area contributed by atoms with Crippen molar-refractivity contribution < 1.29 is 9.47 Å². The lowest BCUT2D eigenvalue weighted by Crippen LogP contribution is -2.47. The number of methoxy groups -OCH3 is 2. The summed E-state index contributed by atoms with van der Waals surface area (Å²) in [5.41, 5.74) is 0.943. The predicted molar refractivity (Wildman–Crippen MR) is 103 cm³/mol. The van der Waals surface area contributed by atoms with E-state index in [0.717, 1.165) is 37.7 Å². The Hall–Kier alpha value is -3.43. The van der Waals surface area contributed by atoms with Crippen molar-refractivity contribution in [2.24, 2.45) is 0 Å². The summed E-state index contributed by atoms with van der Waals surface area (Å²) >= 11 is 0. The third-order valence-electron chi connectivity index (χ3n) is 4.57. The van der Waals surface area contributed by atoms with E-state index in [2.05, 4.69) is 35.1 Å². The second-order valence-electron chi connectivity index (χ2n) is 6.38. The number of ether oxygens (including phenoxy) is 2. The van der Waals surface area contributed by atoms with Crippen molar-refractivity contribution in [3.63, 3.8) is 0 Å². The van der Waals surface area contributed by atoms with Crippen LogP contribution in [0.1, 0.15) is 5.69 Å². The summed E-state index contributed by atoms with van der Waals surface area (Å²) in [4.78, 5) is 13.2. The van der Waals surface area contributed by atoms with Gasteiger partial charge in [-0.15, -0.1) is 10.2 Å². The van der Waals surface area contributed by atoms with Gasteiger partial charge in [0.2, 0.25) is 17.7 Å². The Morgan fingerprint density at radius 1 is 0.821 bits per heavy atom. The van der Waals surface area contributed by atoms with E-state index in [0.29, 0.717) is 23.5 Å². The summed E-state index contributed by atoms with van der Waals surface area (Å²) in [7, 11) is 3.16. The molecular formula is C18H22N8O2. The fourth-order valence-electron chi connectivity index (χ4n) is 3.03. The van der Waals surface area contributed by atoms with Gasteiger partial charge in [0.25, 0.3) is 0 Å². The molecule has 1 aliphatic heterocycles. The van der Waals surface area contributed by atoms with Crippen LogP contribution in [0.15, 0.2) is 30.5 Å². The van der Waals surface area contributed by atoms with Crippen LogP contribution in [-0.2, 0) is 0 Å². The number of anilines is 2. The van der Waals surface area contributed by atoms with Crippen LogP contribution in [0.2, 0.25) is 0 Å². The van der Waals surface area contributed by atoms with E-state index in [9.17, 15) is 0 Å². The van der Waals surface area contributed by atoms with Gasteiger partial charge in [-0.25, -0.2) is 4.68 Å². The van der Waals surface area contributed by atoms with Crippen molar-refractivity contribution >= 4 is 11.8 Å². The van der Waals surface area contributed by atoms with Crippen molar-refractivity contribution in [1.29, 1.82) is 0 Å². The molecule has 1 saturated heterocycles.